The molecule has 0 aliphatic heterocycles. The minimum Gasteiger partial charge on any atom is -0.318 e. The Morgan fingerprint density at radius 3 is 2.38 bits per heavy atom. The Bertz CT molecular complexity index is 259. The zero-order chi connectivity index (χ0) is 10.1. The average molecular weight is 213 g/mol. The number of hydrogen-bond acceptors (Lipinski definition) is 2. The van der Waals surface area contributed by atoms with Crippen LogP contribution in [0.2, 0.25) is 0 Å². The summed E-state index contributed by atoms with van der Waals surface area (Å²) in [6.45, 7) is 0. The number of rotatable bonds is 3. The van der Waals surface area contributed by atoms with Crippen molar-refractivity contribution in [2.45, 2.75) is 18.4 Å². The highest BCUT2D eigenvalue weighted by molar-refractivity contribution is 7.10. The minimum atomic E-state index is -4.16. The zero-order valence-electron chi connectivity index (χ0n) is 6.38. The predicted molar refractivity (Wildman–Crippen MR) is 42.2 cm³/mol. The van der Waals surface area contributed by atoms with Gasteiger partial charge >= 0.3 is 12.3 Å². The molecule has 1 atom stereocenters. The van der Waals surface area contributed by atoms with Gasteiger partial charge in [-0.3, -0.25) is 0 Å². The predicted octanol–water partition coefficient (Wildman–Crippen LogP) is 2.65. The van der Waals surface area contributed by atoms with Gasteiger partial charge in [-0.25, -0.2) is 8.78 Å². The van der Waals surface area contributed by atoms with E-state index in [1.165, 1.54) is 17.5 Å². The molecule has 1 nitrogen and oxygen atoms in total. The molecule has 0 saturated heterocycles. The van der Waals surface area contributed by atoms with Crippen molar-refractivity contribution >= 4 is 11.3 Å². The van der Waals surface area contributed by atoms with E-state index in [9.17, 15) is 17.6 Å². The summed E-state index contributed by atoms with van der Waals surface area (Å²) >= 11 is 0.937. The quantitative estimate of drug-likeness (QED) is 0.767. The van der Waals surface area contributed by atoms with Crippen LogP contribution < -0.4 is 5.73 Å². The Balaban J connectivity index is 2.84. The molecule has 0 fully saturated rings. The van der Waals surface area contributed by atoms with Crippen LogP contribution in [0.3, 0.4) is 0 Å². The van der Waals surface area contributed by atoms with Crippen LogP contribution in [0.15, 0.2) is 17.5 Å². The molecule has 1 heterocycles. The number of hydrogen-bond donors (Lipinski definition) is 1. The third-order valence-electron chi connectivity index (χ3n) is 1.56. The topological polar surface area (TPSA) is 26.0 Å². The first-order valence-corrected chi connectivity index (χ1v) is 4.29. The van der Waals surface area contributed by atoms with E-state index in [1.807, 2.05) is 0 Å². The van der Waals surface area contributed by atoms with Crippen LogP contribution in [0.1, 0.15) is 10.9 Å². The minimum absolute atomic E-state index is 0.0605. The molecule has 0 spiro atoms. The van der Waals surface area contributed by atoms with Crippen LogP contribution in [-0.4, -0.2) is 12.3 Å². The van der Waals surface area contributed by atoms with Crippen LogP contribution in [0, 0.1) is 0 Å². The summed E-state index contributed by atoms with van der Waals surface area (Å²) in [6.07, 6.45) is -3.73. The van der Waals surface area contributed by atoms with Crippen molar-refractivity contribution in [3.05, 3.63) is 22.4 Å². The molecule has 1 rings (SSSR count). The summed E-state index contributed by atoms with van der Waals surface area (Å²) in [4.78, 5) is 0.0605. The Morgan fingerprint density at radius 2 is 2.00 bits per heavy atom. The Kier molecular flexibility index (Phi) is 2.92. The van der Waals surface area contributed by atoms with Crippen LogP contribution in [0.25, 0.3) is 0 Å². The zero-order valence-corrected chi connectivity index (χ0v) is 7.20. The van der Waals surface area contributed by atoms with Gasteiger partial charge in [0.25, 0.3) is 0 Å². The largest absolute Gasteiger partial charge is 0.327 e. The van der Waals surface area contributed by atoms with E-state index in [0.29, 0.717) is 0 Å². The second-order valence-electron chi connectivity index (χ2n) is 2.47. The maximum atomic E-state index is 12.6. The fraction of sp³-hybridized carbons (Fsp3) is 0.429. The lowest BCUT2D eigenvalue weighted by molar-refractivity contribution is -0.143. The first-order valence-electron chi connectivity index (χ1n) is 3.41. The molecular formula is C7H7F4NS. The van der Waals surface area contributed by atoms with Gasteiger partial charge in [0.1, 0.15) is 6.04 Å². The first-order chi connectivity index (χ1) is 5.96. The number of alkyl halides is 4. The molecule has 0 bridgehead atoms. The molecule has 0 radical (unpaired) electrons. The molecular weight excluding hydrogens is 206 g/mol. The summed E-state index contributed by atoms with van der Waals surface area (Å²) in [5.41, 5.74) is 5.00. The molecule has 1 aromatic heterocycles. The van der Waals surface area contributed by atoms with Gasteiger partial charge < -0.3 is 5.73 Å². The van der Waals surface area contributed by atoms with Crippen molar-refractivity contribution in [2.24, 2.45) is 5.73 Å². The van der Waals surface area contributed by atoms with Crippen molar-refractivity contribution in [1.29, 1.82) is 0 Å². The van der Waals surface area contributed by atoms with E-state index in [2.05, 4.69) is 0 Å². The molecule has 0 amide bonds. The third-order valence-corrected chi connectivity index (χ3v) is 2.51. The standard InChI is InChI=1S/C7H7F4NS/c8-6(9)7(10,11)5(12)4-2-1-3-13-4/h1-3,5-6H,12H2. The molecule has 1 aromatic rings. The fourth-order valence-electron chi connectivity index (χ4n) is 0.794. The second-order valence-corrected chi connectivity index (χ2v) is 3.45. The maximum Gasteiger partial charge on any atom is 0.327 e. The van der Waals surface area contributed by atoms with Gasteiger partial charge in [0, 0.05) is 4.88 Å². The normalized spacial score (nSPS) is 14.9. The molecule has 0 aliphatic carbocycles. The molecule has 74 valence electrons. The highest BCUT2D eigenvalue weighted by Crippen LogP contribution is 2.36. The van der Waals surface area contributed by atoms with Gasteiger partial charge in [0.05, 0.1) is 0 Å². The van der Waals surface area contributed by atoms with Crippen LogP contribution in [-0.2, 0) is 0 Å². The number of halogens is 4. The molecule has 2 N–H and O–H groups in total. The average Bonchev–Trinajstić information content (AvgIpc) is 2.54. The Labute approximate surface area is 76.2 Å². The smallest absolute Gasteiger partial charge is 0.318 e. The van der Waals surface area contributed by atoms with Crippen LogP contribution in [0.4, 0.5) is 17.6 Å². The van der Waals surface area contributed by atoms with Crippen molar-refractivity contribution in [3.8, 4) is 0 Å². The highest BCUT2D eigenvalue weighted by Gasteiger charge is 2.47. The summed E-state index contributed by atoms with van der Waals surface area (Å²) in [5.74, 6) is -4.16. The van der Waals surface area contributed by atoms with Crippen molar-refractivity contribution < 1.29 is 17.6 Å². The molecule has 1 unspecified atom stereocenters. The molecule has 6 heteroatoms. The summed E-state index contributed by atoms with van der Waals surface area (Å²) in [7, 11) is 0. The molecule has 0 aliphatic rings. The lowest BCUT2D eigenvalue weighted by Gasteiger charge is -2.21. The van der Waals surface area contributed by atoms with Gasteiger partial charge in [-0.1, -0.05) is 6.07 Å². The number of thiophene rings is 1. The molecule has 0 aromatic carbocycles. The summed E-state index contributed by atoms with van der Waals surface area (Å²) in [6, 6.07) is 0.875. The highest BCUT2D eigenvalue weighted by atomic mass is 32.1. The van der Waals surface area contributed by atoms with Gasteiger partial charge in [-0.05, 0) is 11.4 Å². The summed E-state index contributed by atoms with van der Waals surface area (Å²) < 4.78 is 48.9. The van der Waals surface area contributed by atoms with E-state index < -0.39 is 18.4 Å². The lowest BCUT2D eigenvalue weighted by atomic mass is 10.1. The molecule has 13 heavy (non-hydrogen) atoms. The van der Waals surface area contributed by atoms with Gasteiger partial charge in [-0.2, -0.15) is 8.78 Å². The lowest BCUT2D eigenvalue weighted by Crippen LogP contribution is -2.38. The van der Waals surface area contributed by atoms with Crippen LogP contribution in [0.5, 0.6) is 0 Å². The SMILES string of the molecule is NC(c1cccs1)C(F)(F)C(F)F. The van der Waals surface area contributed by atoms with Gasteiger partial charge in [0.15, 0.2) is 0 Å². The van der Waals surface area contributed by atoms with E-state index in [0.717, 1.165) is 11.3 Å². The van der Waals surface area contributed by atoms with E-state index in [1.54, 1.807) is 0 Å². The first kappa shape index (κ1) is 10.5. The van der Waals surface area contributed by atoms with E-state index in [4.69, 9.17) is 5.73 Å². The molecule has 0 saturated carbocycles. The van der Waals surface area contributed by atoms with Crippen molar-refractivity contribution in [2.75, 3.05) is 0 Å². The summed E-state index contributed by atoms with van der Waals surface area (Å²) in [5, 5.41) is 1.51. The van der Waals surface area contributed by atoms with Gasteiger partial charge in [-0.15, -0.1) is 11.3 Å². The van der Waals surface area contributed by atoms with Crippen molar-refractivity contribution in [3.63, 3.8) is 0 Å². The number of nitrogens with two attached hydrogens (primary N) is 1. The fourth-order valence-corrected chi connectivity index (χ4v) is 1.57. The van der Waals surface area contributed by atoms with Gasteiger partial charge in [0.2, 0.25) is 0 Å². The second kappa shape index (κ2) is 3.63. The maximum absolute atomic E-state index is 12.6. The van der Waals surface area contributed by atoms with E-state index in [-0.39, 0.29) is 4.88 Å². The Morgan fingerprint density at radius 1 is 1.38 bits per heavy atom. The Hall–Kier alpha value is -0.620. The van der Waals surface area contributed by atoms with E-state index >= 15 is 0 Å². The van der Waals surface area contributed by atoms with Crippen molar-refractivity contribution in [1.82, 2.24) is 0 Å². The third kappa shape index (κ3) is 2.00. The monoisotopic (exact) mass is 213 g/mol. The van der Waals surface area contributed by atoms with Crippen LogP contribution >= 0.6 is 11.3 Å².